The van der Waals surface area contributed by atoms with Gasteiger partial charge in [0.05, 0.1) is 6.61 Å². The molecule has 3 heteroatoms. The minimum atomic E-state index is 0.0404. The summed E-state index contributed by atoms with van der Waals surface area (Å²) in [6.45, 7) is 5.69. The summed E-state index contributed by atoms with van der Waals surface area (Å²) in [5.41, 5.74) is 0.0404. The van der Waals surface area contributed by atoms with Crippen molar-refractivity contribution in [2.45, 2.75) is 64.3 Å². The maximum absolute atomic E-state index is 9.72. The predicted molar refractivity (Wildman–Crippen MR) is 82.3 cm³/mol. The number of hydrogen-bond acceptors (Lipinski definition) is 3. The zero-order valence-electron chi connectivity index (χ0n) is 12.2. The lowest BCUT2D eigenvalue weighted by molar-refractivity contribution is 0.124. The lowest BCUT2D eigenvalue weighted by atomic mass is 9.86. The van der Waals surface area contributed by atoms with Crippen molar-refractivity contribution in [3.8, 4) is 0 Å². The van der Waals surface area contributed by atoms with Crippen LogP contribution in [0.4, 0.5) is 0 Å². The van der Waals surface area contributed by atoms with Crippen LogP contribution in [0.25, 0.3) is 0 Å². The van der Waals surface area contributed by atoms with Gasteiger partial charge in [-0.15, -0.1) is 0 Å². The second-order valence-electron chi connectivity index (χ2n) is 5.54. The maximum Gasteiger partial charge on any atom is 0.0616 e. The number of likely N-dealkylation sites (N-methyl/N-ethyl adjacent to an activating group) is 1. The van der Waals surface area contributed by atoms with Crippen molar-refractivity contribution in [3.05, 3.63) is 0 Å². The molecule has 1 fully saturated rings. The maximum atomic E-state index is 9.72. The Morgan fingerprint density at radius 3 is 2.78 bits per heavy atom. The Hall–Kier alpha value is 0.270. The molecule has 0 aromatic rings. The number of thioether (sulfide) groups is 1. The molecule has 0 aliphatic heterocycles. The van der Waals surface area contributed by atoms with Gasteiger partial charge in [0.2, 0.25) is 0 Å². The second kappa shape index (κ2) is 9.22. The van der Waals surface area contributed by atoms with Crippen LogP contribution < -0.4 is 5.32 Å². The number of rotatable bonds is 10. The van der Waals surface area contributed by atoms with Crippen LogP contribution in [-0.2, 0) is 0 Å². The normalized spacial score (nSPS) is 27.8. The summed E-state index contributed by atoms with van der Waals surface area (Å²) >= 11 is 2.10. The molecule has 0 aromatic heterocycles. The van der Waals surface area contributed by atoms with Crippen LogP contribution >= 0.6 is 11.8 Å². The van der Waals surface area contributed by atoms with E-state index in [9.17, 15) is 5.11 Å². The first-order chi connectivity index (χ1) is 8.79. The van der Waals surface area contributed by atoms with E-state index in [0.29, 0.717) is 12.5 Å². The van der Waals surface area contributed by atoms with Crippen molar-refractivity contribution in [1.29, 1.82) is 0 Å². The highest BCUT2D eigenvalue weighted by molar-refractivity contribution is 7.99. The molecule has 2 N–H and O–H groups in total. The zero-order valence-corrected chi connectivity index (χ0v) is 13.0. The van der Waals surface area contributed by atoms with Crippen LogP contribution in [0.1, 0.15) is 58.8 Å². The second-order valence-corrected chi connectivity index (χ2v) is 6.77. The van der Waals surface area contributed by atoms with Gasteiger partial charge in [-0.3, -0.25) is 0 Å². The third kappa shape index (κ3) is 4.75. The Morgan fingerprint density at radius 1 is 1.28 bits per heavy atom. The Morgan fingerprint density at radius 2 is 2.11 bits per heavy atom. The first kappa shape index (κ1) is 16.3. The van der Waals surface area contributed by atoms with Crippen molar-refractivity contribution in [2.75, 3.05) is 24.7 Å². The first-order valence-corrected chi connectivity index (χ1v) is 8.88. The van der Waals surface area contributed by atoms with E-state index in [0.717, 1.165) is 13.0 Å². The average molecular weight is 273 g/mol. The molecule has 18 heavy (non-hydrogen) atoms. The Labute approximate surface area is 117 Å². The average Bonchev–Trinajstić information content (AvgIpc) is 2.78. The molecule has 0 radical (unpaired) electrons. The fraction of sp³-hybridized carbons (Fsp3) is 1.00. The molecule has 108 valence electrons. The molecule has 1 aliphatic carbocycles. The fourth-order valence-electron chi connectivity index (χ4n) is 3.20. The smallest absolute Gasteiger partial charge is 0.0616 e. The summed E-state index contributed by atoms with van der Waals surface area (Å²) in [4.78, 5) is 0. The van der Waals surface area contributed by atoms with Crippen molar-refractivity contribution in [1.82, 2.24) is 5.32 Å². The molecule has 0 bridgehead atoms. The lowest BCUT2D eigenvalue weighted by Gasteiger charge is -2.35. The quantitative estimate of drug-likeness (QED) is 0.598. The number of aliphatic hydroxyl groups is 1. The number of nitrogens with one attached hydrogen (secondary N) is 1. The highest BCUT2D eigenvalue weighted by atomic mass is 32.2. The van der Waals surface area contributed by atoms with E-state index in [2.05, 4.69) is 30.9 Å². The Kier molecular flexibility index (Phi) is 8.36. The van der Waals surface area contributed by atoms with Crippen LogP contribution in [0.2, 0.25) is 0 Å². The first-order valence-electron chi connectivity index (χ1n) is 7.72. The number of hydrogen-bond donors (Lipinski definition) is 2. The van der Waals surface area contributed by atoms with Gasteiger partial charge in [-0.25, -0.2) is 0 Å². The molecule has 0 aromatic carbocycles. The van der Waals surface area contributed by atoms with Crippen molar-refractivity contribution in [3.63, 3.8) is 0 Å². The van der Waals surface area contributed by atoms with E-state index in [1.54, 1.807) is 0 Å². The Bertz CT molecular complexity index is 213. The minimum absolute atomic E-state index is 0.0404. The van der Waals surface area contributed by atoms with Crippen molar-refractivity contribution in [2.24, 2.45) is 5.92 Å². The molecule has 2 atom stereocenters. The topological polar surface area (TPSA) is 32.3 Å². The third-order valence-electron chi connectivity index (χ3n) is 4.27. The monoisotopic (exact) mass is 273 g/mol. The van der Waals surface area contributed by atoms with Gasteiger partial charge >= 0.3 is 0 Å². The summed E-state index contributed by atoms with van der Waals surface area (Å²) < 4.78 is 0. The molecule has 1 aliphatic rings. The van der Waals surface area contributed by atoms with Crippen molar-refractivity contribution >= 4 is 11.8 Å². The third-order valence-corrected chi connectivity index (χ3v) is 5.37. The lowest BCUT2D eigenvalue weighted by Crippen LogP contribution is -2.51. The number of aliphatic hydroxyl groups excluding tert-OH is 1. The van der Waals surface area contributed by atoms with E-state index in [1.807, 2.05) is 0 Å². The largest absolute Gasteiger partial charge is 0.394 e. The number of unbranched alkanes of at least 4 members (excludes halogenated alkanes) is 2. The van der Waals surface area contributed by atoms with Gasteiger partial charge in [-0.2, -0.15) is 11.8 Å². The Balaban J connectivity index is 2.23. The van der Waals surface area contributed by atoms with Gasteiger partial charge in [0.1, 0.15) is 0 Å². The van der Waals surface area contributed by atoms with E-state index in [-0.39, 0.29) is 5.54 Å². The molecule has 1 saturated carbocycles. The molecule has 0 heterocycles. The van der Waals surface area contributed by atoms with E-state index in [4.69, 9.17) is 0 Å². The van der Waals surface area contributed by atoms with Crippen LogP contribution in [-0.4, -0.2) is 35.3 Å². The predicted octanol–water partition coefficient (Wildman–Crippen LogP) is 3.44. The highest BCUT2D eigenvalue weighted by Gasteiger charge is 2.40. The van der Waals surface area contributed by atoms with E-state index in [1.165, 1.54) is 50.0 Å². The minimum Gasteiger partial charge on any atom is -0.394 e. The molecular weight excluding hydrogens is 242 g/mol. The van der Waals surface area contributed by atoms with Crippen LogP contribution in [0.5, 0.6) is 0 Å². The standard InChI is InChI=1S/C15H31NOS/c1-3-5-6-11-18-12-9-14-8-7-10-15(14,13-17)16-4-2/h14,16-17H,3-13H2,1-2H3. The fourth-order valence-corrected chi connectivity index (χ4v) is 4.26. The van der Waals surface area contributed by atoms with Gasteiger partial charge in [-0.1, -0.05) is 33.1 Å². The van der Waals surface area contributed by atoms with Crippen LogP contribution in [0, 0.1) is 5.92 Å². The van der Waals surface area contributed by atoms with Gasteiger partial charge in [0.15, 0.2) is 0 Å². The molecule has 0 saturated heterocycles. The van der Waals surface area contributed by atoms with Gasteiger partial charge in [0.25, 0.3) is 0 Å². The molecule has 0 spiro atoms. The summed E-state index contributed by atoms with van der Waals surface area (Å²) in [6, 6.07) is 0. The van der Waals surface area contributed by atoms with Crippen LogP contribution in [0.15, 0.2) is 0 Å². The van der Waals surface area contributed by atoms with Crippen molar-refractivity contribution < 1.29 is 5.11 Å². The van der Waals surface area contributed by atoms with Gasteiger partial charge in [0, 0.05) is 5.54 Å². The van der Waals surface area contributed by atoms with Crippen LogP contribution in [0.3, 0.4) is 0 Å². The SMILES string of the molecule is CCCCCSCCC1CCCC1(CO)NCC. The summed E-state index contributed by atoms with van der Waals surface area (Å²) in [6.07, 6.45) is 9.05. The van der Waals surface area contributed by atoms with E-state index >= 15 is 0 Å². The molecule has 1 rings (SSSR count). The molecule has 0 amide bonds. The zero-order chi connectivity index (χ0) is 13.3. The summed E-state index contributed by atoms with van der Waals surface area (Å²) in [5, 5.41) is 13.3. The molecular formula is C15H31NOS. The summed E-state index contributed by atoms with van der Waals surface area (Å²) in [5.74, 6) is 3.26. The van der Waals surface area contributed by atoms with E-state index < -0.39 is 0 Å². The summed E-state index contributed by atoms with van der Waals surface area (Å²) in [7, 11) is 0. The highest BCUT2D eigenvalue weighted by Crippen LogP contribution is 2.38. The molecule has 2 nitrogen and oxygen atoms in total. The van der Waals surface area contributed by atoms with Gasteiger partial charge < -0.3 is 10.4 Å². The molecule has 2 unspecified atom stereocenters. The van der Waals surface area contributed by atoms with Gasteiger partial charge in [-0.05, 0) is 49.7 Å².